The highest BCUT2D eigenvalue weighted by molar-refractivity contribution is 6.36. The Hall–Kier alpha value is -2.23. The zero-order valence-corrected chi connectivity index (χ0v) is 14.4. The third-order valence-corrected chi connectivity index (χ3v) is 4.58. The third kappa shape index (κ3) is 2.60. The van der Waals surface area contributed by atoms with E-state index in [1.165, 1.54) is 0 Å². The Morgan fingerprint density at radius 1 is 0.958 bits per heavy atom. The first-order chi connectivity index (χ1) is 11.6. The van der Waals surface area contributed by atoms with Crippen molar-refractivity contribution in [3.05, 3.63) is 81.2 Å². The van der Waals surface area contributed by atoms with Crippen LogP contribution >= 0.6 is 23.2 Å². The summed E-state index contributed by atoms with van der Waals surface area (Å²) in [5, 5.41) is 1.32. The van der Waals surface area contributed by atoms with Gasteiger partial charge < -0.3 is 0 Å². The van der Waals surface area contributed by atoms with Crippen LogP contribution < -0.4 is 0 Å². The molecule has 0 bridgehead atoms. The zero-order valence-electron chi connectivity index (χ0n) is 12.9. The van der Waals surface area contributed by atoms with Gasteiger partial charge in [-0.3, -0.25) is 4.99 Å². The van der Waals surface area contributed by atoms with Gasteiger partial charge in [-0.25, -0.2) is 9.97 Å². The van der Waals surface area contributed by atoms with Gasteiger partial charge >= 0.3 is 0 Å². The van der Waals surface area contributed by atoms with Gasteiger partial charge in [-0.1, -0.05) is 47.5 Å². The van der Waals surface area contributed by atoms with Gasteiger partial charge in [-0.2, -0.15) is 0 Å². The lowest BCUT2D eigenvalue weighted by molar-refractivity contribution is 0.981. The minimum absolute atomic E-state index is 0.502. The highest BCUT2D eigenvalue weighted by Crippen LogP contribution is 2.34. The number of nitrogens with zero attached hydrogens (tertiary/aromatic N) is 3. The van der Waals surface area contributed by atoms with E-state index in [0.29, 0.717) is 16.6 Å². The Balaban J connectivity index is 2.02. The fraction of sp³-hybridized carbons (Fsp3) is 0.105. The molecule has 0 saturated heterocycles. The quantitative estimate of drug-likeness (QED) is 0.609. The maximum Gasteiger partial charge on any atom is 0.125 e. The molecule has 24 heavy (non-hydrogen) atoms. The molecule has 5 heteroatoms. The number of hydrogen-bond acceptors (Lipinski definition) is 3. The fourth-order valence-electron chi connectivity index (χ4n) is 2.90. The molecule has 0 saturated carbocycles. The maximum absolute atomic E-state index is 6.41. The summed E-state index contributed by atoms with van der Waals surface area (Å²) in [6.45, 7) is 2.39. The monoisotopic (exact) mass is 353 g/mol. The zero-order chi connectivity index (χ0) is 16.7. The molecular weight excluding hydrogens is 341 g/mol. The van der Waals surface area contributed by atoms with E-state index in [-0.39, 0.29) is 0 Å². The second-order valence-electron chi connectivity index (χ2n) is 5.63. The van der Waals surface area contributed by atoms with E-state index in [1.807, 2.05) is 55.6 Å². The van der Waals surface area contributed by atoms with E-state index in [0.717, 1.165) is 39.5 Å². The number of aromatic nitrogens is 2. The summed E-state index contributed by atoms with van der Waals surface area (Å²) in [5.41, 5.74) is 5.55. The van der Waals surface area contributed by atoms with Crippen LogP contribution in [0, 0.1) is 6.92 Å². The van der Waals surface area contributed by atoms with Gasteiger partial charge in [-0.05, 0) is 25.1 Å². The summed E-state index contributed by atoms with van der Waals surface area (Å²) < 4.78 is 0. The summed E-state index contributed by atoms with van der Waals surface area (Å²) in [6, 6.07) is 13.5. The summed E-state index contributed by atoms with van der Waals surface area (Å²) in [4.78, 5) is 13.7. The van der Waals surface area contributed by atoms with Crippen molar-refractivity contribution in [1.29, 1.82) is 0 Å². The van der Waals surface area contributed by atoms with Crippen molar-refractivity contribution in [2.24, 2.45) is 4.99 Å². The van der Waals surface area contributed by atoms with Crippen molar-refractivity contribution in [3.8, 4) is 11.3 Å². The predicted molar refractivity (Wildman–Crippen MR) is 98.0 cm³/mol. The highest BCUT2D eigenvalue weighted by Gasteiger charge is 2.22. The van der Waals surface area contributed by atoms with Crippen LogP contribution in [0.25, 0.3) is 11.3 Å². The van der Waals surface area contributed by atoms with Crippen molar-refractivity contribution in [3.63, 3.8) is 0 Å². The van der Waals surface area contributed by atoms with Crippen molar-refractivity contribution >= 4 is 28.9 Å². The van der Waals surface area contributed by atoms with Gasteiger partial charge in [0.2, 0.25) is 0 Å². The minimum atomic E-state index is 0.502. The normalized spacial score (nSPS) is 12.9. The molecule has 0 aliphatic carbocycles. The third-order valence-electron chi connectivity index (χ3n) is 4.01. The number of aliphatic imine (C=N–C) groups is 1. The number of benzene rings is 2. The SMILES string of the molecule is Cc1ncc2c(n1)-c1ccc(Cl)cc1C(c1ccccc1Cl)=NC2. The molecule has 3 aromatic rings. The predicted octanol–water partition coefficient (Wildman–Crippen LogP) is 5.11. The molecule has 0 amide bonds. The molecular formula is C19H13Cl2N3. The van der Waals surface area contributed by atoms with Crippen LogP contribution in [0.2, 0.25) is 10.0 Å². The molecule has 1 aliphatic rings. The Morgan fingerprint density at radius 3 is 2.62 bits per heavy atom. The number of rotatable bonds is 1. The van der Waals surface area contributed by atoms with Gasteiger partial charge in [0.1, 0.15) is 5.82 Å². The molecule has 1 aliphatic heterocycles. The number of hydrogen-bond donors (Lipinski definition) is 0. The average molecular weight is 354 g/mol. The van der Waals surface area contributed by atoms with E-state index in [9.17, 15) is 0 Å². The summed E-state index contributed by atoms with van der Waals surface area (Å²) >= 11 is 12.7. The molecule has 0 unspecified atom stereocenters. The van der Waals surface area contributed by atoms with Crippen LogP contribution in [0.5, 0.6) is 0 Å². The van der Waals surface area contributed by atoms with E-state index < -0.39 is 0 Å². The smallest absolute Gasteiger partial charge is 0.125 e. The number of aryl methyl sites for hydroxylation is 1. The van der Waals surface area contributed by atoms with Crippen LogP contribution in [-0.4, -0.2) is 15.7 Å². The molecule has 0 N–H and O–H groups in total. The van der Waals surface area contributed by atoms with Crippen LogP contribution in [-0.2, 0) is 6.54 Å². The number of halogens is 2. The van der Waals surface area contributed by atoms with E-state index >= 15 is 0 Å². The van der Waals surface area contributed by atoms with Gasteiger partial charge in [0, 0.05) is 38.5 Å². The van der Waals surface area contributed by atoms with Gasteiger partial charge in [-0.15, -0.1) is 0 Å². The molecule has 0 spiro atoms. The molecule has 0 fully saturated rings. The average Bonchev–Trinajstić information content (AvgIpc) is 2.72. The van der Waals surface area contributed by atoms with Crippen LogP contribution in [0.3, 0.4) is 0 Å². The maximum atomic E-state index is 6.41. The van der Waals surface area contributed by atoms with Crippen LogP contribution in [0.1, 0.15) is 22.5 Å². The first kappa shape index (κ1) is 15.3. The largest absolute Gasteiger partial charge is 0.279 e. The van der Waals surface area contributed by atoms with Crippen molar-refractivity contribution in [2.75, 3.05) is 0 Å². The molecule has 2 aromatic carbocycles. The van der Waals surface area contributed by atoms with E-state index in [2.05, 4.69) is 9.97 Å². The lowest BCUT2D eigenvalue weighted by atomic mass is 9.95. The molecule has 0 atom stereocenters. The molecule has 4 rings (SSSR count). The van der Waals surface area contributed by atoms with Crippen LogP contribution in [0.4, 0.5) is 0 Å². The topological polar surface area (TPSA) is 38.1 Å². The molecule has 3 nitrogen and oxygen atoms in total. The number of fused-ring (bicyclic) bond motifs is 3. The lowest BCUT2D eigenvalue weighted by Gasteiger charge is -2.12. The van der Waals surface area contributed by atoms with E-state index in [1.54, 1.807) is 0 Å². The first-order valence-electron chi connectivity index (χ1n) is 7.55. The van der Waals surface area contributed by atoms with Crippen molar-refractivity contribution in [2.45, 2.75) is 13.5 Å². The van der Waals surface area contributed by atoms with E-state index in [4.69, 9.17) is 28.2 Å². The van der Waals surface area contributed by atoms with Crippen molar-refractivity contribution < 1.29 is 0 Å². The Labute approximate surface area is 150 Å². The molecule has 2 heterocycles. The second-order valence-corrected chi connectivity index (χ2v) is 6.47. The highest BCUT2D eigenvalue weighted by atomic mass is 35.5. The lowest BCUT2D eigenvalue weighted by Crippen LogP contribution is -2.05. The first-order valence-corrected chi connectivity index (χ1v) is 8.31. The molecule has 118 valence electrons. The van der Waals surface area contributed by atoms with Crippen molar-refractivity contribution in [1.82, 2.24) is 9.97 Å². The minimum Gasteiger partial charge on any atom is -0.279 e. The summed E-state index contributed by atoms with van der Waals surface area (Å²) in [5.74, 6) is 0.732. The Morgan fingerprint density at radius 2 is 1.79 bits per heavy atom. The second kappa shape index (κ2) is 6.00. The summed E-state index contributed by atoms with van der Waals surface area (Å²) in [6.07, 6.45) is 1.84. The Bertz CT molecular complexity index is 980. The van der Waals surface area contributed by atoms with Gasteiger partial charge in [0.15, 0.2) is 0 Å². The van der Waals surface area contributed by atoms with Crippen LogP contribution in [0.15, 0.2) is 53.7 Å². The standard InChI is InChI=1S/C19H13Cl2N3/c1-11-22-9-12-10-23-19(15-4-2-3-5-17(15)21)16-8-13(20)6-7-14(16)18(12)24-11/h2-9H,10H2,1H3. The Kier molecular flexibility index (Phi) is 3.83. The van der Waals surface area contributed by atoms with Gasteiger partial charge in [0.25, 0.3) is 0 Å². The molecule has 0 radical (unpaired) electrons. The van der Waals surface area contributed by atoms with Gasteiger partial charge in [0.05, 0.1) is 18.0 Å². The summed E-state index contributed by atoms with van der Waals surface area (Å²) in [7, 11) is 0. The fourth-order valence-corrected chi connectivity index (χ4v) is 3.29. The molecule has 1 aromatic heterocycles.